The van der Waals surface area contributed by atoms with Gasteiger partial charge in [-0.05, 0) is 42.5 Å². The van der Waals surface area contributed by atoms with Gasteiger partial charge in [-0.15, -0.1) is 0 Å². The molecule has 1 aliphatic rings. The Hall–Kier alpha value is -1.91. The Kier molecular flexibility index (Phi) is 7.20. The molecule has 0 atom stereocenters. The van der Waals surface area contributed by atoms with Crippen molar-refractivity contribution in [1.82, 2.24) is 9.62 Å². The van der Waals surface area contributed by atoms with Crippen LogP contribution in [0.1, 0.15) is 10.4 Å². The van der Waals surface area contributed by atoms with Crippen LogP contribution in [0, 0.1) is 0 Å². The summed E-state index contributed by atoms with van der Waals surface area (Å²) in [5.74, 6) is -0.473. The topological polar surface area (TPSA) is 81.8 Å². The van der Waals surface area contributed by atoms with Crippen LogP contribution in [0.3, 0.4) is 0 Å². The molecular weight excluding hydrogens is 467 g/mol. The lowest BCUT2D eigenvalue weighted by atomic mass is 10.2. The van der Waals surface area contributed by atoms with E-state index < -0.39 is 15.9 Å². The third kappa shape index (κ3) is 5.61. The second-order valence-electron chi connectivity index (χ2n) is 6.70. The number of hydrogen-bond donors (Lipinski definition) is 2. The van der Waals surface area contributed by atoms with Gasteiger partial charge in [-0.3, -0.25) is 10.1 Å². The highest BCUT2D eigenvalue weighted by Gasteiger charge is 2.24. The molecule has 0 saturated carbocycles. The maximum absolute atomic E-state index is 12.5. The van der Waals surface area contributed by atoms with Crippen molar-refractivity contribution in [3.63, 3.8) is 0 Å². The van der Waals surface area contributed by atoms with Crippen molar-refractivity contribution in [2.24, 2.45) is 0 Å². The number of carbonyl (C=O) groups is 1. The van der Waals surface area contributed by atoms with E-state index >= 15 is 0 Å². The monoisotopic (exact) mass is 486 g/mol. The summed E-state index contributed by atoms with van der Waals surface area (Å²) < 4.78 is 24.9. The number of halogens is 2. The first-order valence-corrected chi connectivity index (χ1v) is 12.0. The van der Waals surface area contributed by atoms with Crippen LogP contribution in [0.4, 0.5) is 11.4 Å². The molecule has 2 aromatic rings. The van der Waals surface area contributed by atoms with Crippen LogP contribution >= 0.6 is 35.4 Å². The lowest BCUT2D eigenvalue weighted by Crippen LogP contribution is -2.48. The molecule has 0 bridgehead atoms. The largest absolute Gasteiger partial charge is 0.367 e. The van der Waals surface area contributed by atoms with Gasteiger partial charge in [-0.25, -0.2) is 8.42 Å². The van der Waals surface area contributed by atoms with Gasteiger partial charge in [-0.1, -0.05) is 35.3 Å². The molecule has 2 aromatic carbocycles. The number of anilines is 2. The number of nitrogens with one attached hydrogen (secondary N) is 2. The maximum Gasteiger partial charge on any atom is 0.258 e. The van der Waals surface area contributed by atoms with Crippen LogP contribution in [0.5, 0.6) is 0 Å². The first kappa shape index (κ1) is 22.8. The molecule has 160 valence electrons. The first-order valence-electron chi connectivity index (χ1n) is 9.01. The number of hydrogen-bond acceptors (Lipinski definition) is 5. The Morgan fingerprint density at radius 3 is 2.40 bits per heavy atom. The summed E-state index contributed by atoms with van der Waals surface area (Å²) in [6.45, 7) is 1.90. The molecule has 1 amide bonds. The molecule has 1 saturated heterocycles. The normalized spacial score (nSPS) is 15.0. The van der Waals surface area contributed by atoms with Gasteiger partial charge in [0.25, 0.3) is 5.91 Å². The zero-order valence-electron chi connectivity index (χ0n) is 16.1. The number of rotatable bonds is 4. The van der Waals surface area contributed by atoms with E-state index in [-0.39, 0.29) is 15.7 Å². The van der Waals surface area contributed by atoms with Gasteiger partial charge >= 0.3 is 0 Å². The van der Waals surface area contributed by atoms with Crippen LogP contribution in [0.15, 0.2) is 42.5 Å². The van der Waals surface area contributed by atoms with Gasteiger partial charge < -0.3 is 10.2 Å². The summed E-state index contributed by atoms with van der Waals surface area (Å²) in [6, 6.07) is 12.1. The minimum absolute atomic E-state index is 0.110. The van der Waals surface area contributed by atoms with Crippen molar-refractivity contribution in [3.8, 4) is 0 Å². The van der Waals surface area contributed by atoms with Crippen LogP contribution in [-0.2, 0) is 10.0 Å². The van der Waals surface area contributed by atoms with E-state index in [9.17, 15) is 13.2 Å². The maximum atomic E-state index is 12.5. The van der Waals surface area contributed by atoms with E-state index in [0.29, 0.717) is 36.9 Å². The summed E-state index contributed by atoms with van der Waals surface area (Å²) in [4.78, 5) is 14.6. The number of piperazine rings is 1. The number of sulfonamides is 1. The zero-order chi connectivity index (χ0) is 21.9. The molecule has 0 aromatic heterocycles. The number of thiocarbonyl (C=S) groups is 1. The molecule has 1 heterocycles. The summed E-state index contributed by atoms with van der Waals surface area (Å²) in [5, 5.41) is 6.40. The summed E-state index contributed by atoms with van der Waals surface area (Å²) in [7, 11) is -3.20. The highest BCUT2D eigenvalue weighted by molar-refractivity contribution is 7.88. The molecule has 0 unspecified atom stereocenters. The Bertz CT molecular complexity index is 1070. The van der Waals surface area contributed by atoms with E-state index in [2.05, 4.69) is 15.5 Å². The van der Waals surface area contributed by atoms with E-state index in [0.717, 1.165) is 5.69 Å². The second-order valence-corrected chi connectivity index (χ2v) is 9.93. The summed E-state index contributed by atoms with van der Waals surface area (Å²) >= 11 is 17.3. The molecule has 0 spiro atoms. The van der Waals surface area contributed by atoms with Crippen LogP contribution in [0.25, 0.3) is 0 Å². The van der Waals surface area contributed by atoms with Crippen LogP contribution in [0.2, 0.25) is 10.0 Å². The standard InChI is InChI=1S/C19H20Cl2N4O3S2/c1-30(27,28)25-10-8-24(9-11-25)17-5-3-2-4-16(17)22-19(29)23-18(26)14-12-13(20)6-7-15(14)21/h2-7,12H,8-11H2,1H3,(H2,22,23,26,29). The highest BCUT2D eigenvalue weighted by atomic mass is 35.5. The molecule has 2 N–H and O–H groups in total. The van der Waals surface area contributed by atoms with Crippen molar-refractivity contribution in [1.29, 1.82) is 0 Å². The second kappa shape index (κ2) is 9.49. The lowest BCUT2D eigenvalue weighted by molar-refractivity contribution is 0.0978. The SMILES string of the molecule is CS(=O)(=O)N1CCN(c2ccccc2NC(=S)NC(=O)c2cc(Cl)ccc2Cl)CC1. The first-order chi connectivity index (χ1) is 14.1. The van der Waals surface area contributed by atoms with Crippen molar-refractivity contribution in [2.45, 2.75) is 0 Å². The van der Waals surface area contributed by atoms with Gasteiger partial charge in [0.15, 0.2) is 5.11 Å². The minimum Gasteiger partial charge on any atom is -0.367 e. The smallest absolute Gasteiger partial charge is 0.258 e. The van der Waals surface area contributed by atoms with Gasteiger partial charge in [0.2, 0.25) is 10.0 Å². The zero-order valence-corrected chi connectivity index (χ0v) is 19.2. The van der Waals surface area contributed by atoms with E-state index in [1.807, 2.05) is 24.3 Å². The molecule has 0 radical (unpaired) electrons. The fourth-order valence-electron chi connectivity index (χ4n) is 3.11. The molecule has 3 rings (SSSR count). The predicted molar refractivity (Wildman–Crippen MR) is 125 cm³/mol. The van der Waals surface area contributed by atoms with E-state index in [1.54, 1.807) is 12.1 Å². The van der Waals surface area contributed by atoms with Gasteiger partial charge in [-0.2, -0.15) is 4.31 Å². The van der Waals surface area contributed by atoms with Gasteiger partial charge in [0.1, 0.15) is 0 Å². The van der Waals surface area contributed by atoms with E-state index in [4.69, 9.17) is 35.4 Å². The van der Waals surface area contributed by atoms with Gasteiger partial charge in [0.05, 0.1) is 28.2 Å². The van der Waals surface area contributed by atoms with Crippen molar-refractivity contribution in [3.05, 3.63) is 58.1 Å². The molecule has 1 aliphatic heterocycles. The fourth-order valence-corrected chi connectivity index (χ4v) is 4.52. The van der Waals surface area contributed by atoms with Crippen molar-refractivity contribution in [2.75, 3.05) is 42.7 Å². The summed E-state index contributed by atoms with van der Waals surface area (Å²) in [5.41, 5.74) is 1.79. The quantitative estimate of drug-likeness (QED) is 0.645. The number of para-hydroxylation sites is 2. The lowest BCUT2D eigenvalue weighted by Gasteiger charge is -2.35. The Labute approximate surface area is 191 Å². The Morgan fingerprint density at radius 2 is 1.73 bits per heavy atom. The predicted octanol–water partition coefficient (Wildman–Crippen LogP) is 3.20. The molecule has 7 nitrogen and oxygen atoms in total. The number of carbonyl (C=O) groups excluding carboxylic acids is 1. The third-order valence-electron chi connectivity index (χ3n) is 4.60. The van der Waals surface area contributed by atoms with Crippen molar-refractivity contribution < 1.29 is 13.2 Å². The molecular formula is C19H20Cl2N4O3S2. The van der Waals surface area contributed by atoms with Crippen molar-refractivity contribution >= 4 is 67.8 Å². The van der Waals surface area contributed by atoms with Crippen LogP contribution < -0.4 is 15.5 Å². The molecule has 11 heteroatoms. The average molecular weight is 487 g/mol. The Balaban J connectivity index is 1.68. The number of nitrogens with zero attached hydrogens (tertiary/aromatic N) is 2. The summed E-state index contributed by atoms with van der Waals surface area (Å²) in [6.07, 6.45) is 1.21. The molecule has 30 heavy (non-hydrogen) atoms. The fraction of sp³-hybridized carbons (Fsp3) is 0.263. The highest BCUT2D eigenvalue weighted by Crippen LogP contribution is 2.27. The molecule has 0 aliphatic carbocycles. The third-order valence-corrected chi connectivity index (χ3v) is 6.67. The van der Waals surface area contributed by atoms with Gasteiger partial charge in [0, 0.05) is 31.2 Å². The van der Waals surface area contributed by atoms with E-state index in [1.165, 1.54) is 16.6 Å². The Morgan fingerprint density at radius 1 is 1.07 bits per heavy atom. The minimum atomic E-state index is -3.20. The number of benzene rings is 2. The average Bonchev–Trinajstić information content (AvgIpc) is 2.69. The van der Waals surface area contributed by atoms with Crippen LogP contribution in [-0.4, -0.2) is 56.2 Å². The molecule has 1 fully saturated rings. The number of amides is 1.